The van der Waals surface area contributed by atoms with Gasteiger partial charge in [-0.05, 0) is 32.3 Å². The van der Waals surface area contributed by atoms with Gasteiger partial charge in [0.15, 0.2) is 0 Å². The lowest BCUT2D eigenvalue weighted by Gasteiger charge is -2.39. The first-order chi connectivity index (χ1) is 17.4. The summed E-state index contributed by atoms with van der Waals surface area (Å²) >= 11 is 6.29. The maximum atomic E-state index is 12.6. The molecule has 1 fully saturated rings. The maximum Gasteiger partial charge on any atom is 0.239 e. The Balaban J connectivity index is 1.48. The second kappa shape index (κ2) is 12.1. The summed E-state index contributed by atoms with van der Waals surface area (Å²) in [6, 6.07) is 13.9. The van der Waals surface area contributed by atoms with E-state index in [1.807, 2.05) is 60.1 Å². The van der Waals surface area contributed by atoms with Crippen LogP contribution < -0.4 is 10.2 Å². The molecule has 194 valence electrons. The molecule has 0 aliphatic carbocycles. The number of benzene rings is 2. The summed E-state index contributed by atoms with van der Waals surface area (Å²) in [6.45, 7) is 5.13. The number of carbonyl (C=O) groups is 1. The van der Waals surface area contributed by atoms with Gasteiger partial charge in [-0.1, -0.05) is 35.9 Å². The molecule has 3 aromatic rings. The van der Waals surface area contributed by atoms with Gasteiger partial charge in [0.05, 0.1) is 12.1 Å². The van der Waals surface area contributed by atoms with E-state index in [2.05, 4.69) is 27.2 Å². The number of likely N-dealkylation sites (N-methyl/N-ethyl adjacent to an activating group) is 1. The molecular weight excluding hydrogens is 478 g/mol. The molecule has 1 unspecified atom stereocenters. The third kappa shape index (κ3) is 6.19. The summed E-state index contributed by atoms with van der Waals surface area (Å²) in [5, 5.41) is 15.8. The third-order valence-electron chi connectivity index (χ3n) is 6.64. The molecule has 2 aromatic carbocycles. The van der Waals surface area contributed by atoms with Crippen LogP contribution in [0.4, 0.5) is 5.69 Å². The summed E-state index contributed by atoms with van der Waals surface area (Å²) < 4.78 is 7.25. The van der Waals surface area contributed by atoms with Crippen molar-refractivity contribution in [1.29, 1.82) is 0 Å². The van der Waals surface area contributed by atoms with Crippen LogP contribution in [-0.2, 0) is 22.7 Å². The van der Waals surface area contributed by atoms with E-state index in [1.165, 1.54) is 5.69 Å². The number of hydrogen-bond donors (Lipinski definition) is 2. The zero-order valence-electron chi connectivity index (χ0n) is 21.3. The van der Waals surface area contributed by atoms with Crippen molar-refractivity contribution in [3.05, 3.63) is 64.8 Å². The van der Waals surface area contributed by atoms with Gasteiger partial charge in [0.1, 0.15) is 12.8 Å². The smallest absolute Gasteiger partial charge is 0.239 e. The largest absolute Gasteiger partial charge is 0.380 e. The average Bonchev–Trinajstić information content (AvgIpc) is 3.21. The zero-order chi connectivity index (χ0) is 25.7. The highest BCUT2D eigenvalue weighted by atomic mass is 35.5. The van der Waals surface area contributed by atoms with Gasteiger partial charge in [-0.2, -0.15) is 0 Å². The van der Waals surface area contributed by atoms with Crippen LogP contribution in [0.25, 0.3) is 10.9 Å². The molecule has 2 heterocycles. The molecule has 0 saturated carbocycles. The number of aliphatic hydroxyl groups is 1. The normalized spacial score (nSPS) is 15.6. The van der Waals surface area contributed by atoms with Gasteiger partial charge in [-0.25, -0.2) is 0 Å². The monoisotopic (exact) mass is 513 g/mol. The highest BCUT2D eigenvalue weighted by molar-refractivity contribution is 6.31. The fourth-order valence-electron chi connectivity index (χ4n) is 4.76. The van der Waals surface area contributed by atoms with Crippen LogP contribution in [-0.4, -0.2) is 85.9 Å². The third-order valence-corrected chi connectivity index (χ3v) is 6.88. The number of halogens is 1. The second-order valence-electron chi connectivity index (χ2n) is 9.49. The number of methoxy groups -OCH3 is 1. The maximum absolute atomic E-state index is 12.6. The SMILES string of the molecule is COCc1ccccc1N1CCN(C(O)c2cn(CC(=O)NCCN(C)C)c3cc(Cl)ccc23)CC1. The highest BCUT2D eigenvalue weighted by Gasteiger charge is 2.27. The Morgan fingerprint density at radius 1 is 1.17 bits per heavy atom. The number of hydrogen-bond acceptors (Lipinski definition) is 6. The van der Waals surface area contributed by atoms with Crippen LogP contribution >= 0.6 is 11.6 Å². The summed E-state index contributed by atoms with van der Waals surface area (Å²) in [5.41, 5.74) is 3.97. The Morgan fingerprint density at radius 2 is 1.92 bits per heavy atom. The van der Waals surface area contributed by atoms with Crippen LogP contribution in [0.2, 0.25) is 5.02 Å². The van der Waals surface area contributed by atoms with E-state index in [0.717, 1.165) is 41.7 Å². The molecule has 9 heteroatoms. The van der Waals surface area contributed by atoms with Crippen molar-refractivity contribution in [2.45, 2.75) is 19.4 Å². The topological polar surface area (TPSA) is 73.2 Å². The summed E-state index contributed by atoms with van der Waals surface area (Å²) in [5.74, 6) is -0.0712. The van der Waals surface area contributed by atoms with Crippen molar-refractivity contribution in [2.24, 2.45) is 0 Å². The van der Waals surface area contributed by atoms with Crippen molar-refractivity contribution in [1.82, 2.24) is 19.7 Å². The predicted octanol–water partition coefficient (Wildman–Crippen LogP) is 2.93. The molecule has 1 aromatic heterocycles. The molecule has 8 nitrogen and oxygen atoms in total. The van der Waals surface area contributed by atoms with Crippen LogP contribution in [0.1, 0.15) is 17.4 Å². The molecule has 1 amide bonds. The summed E-state index contributed by atoms with van der Waals surface area (Å²) in [7, 11) is 5.65. The van der Waals surface area contributed by atoms with Gasteiger partial charge in [0.25, 0.3) is 0 Å². The number of ether oxygens (including phenoxy) is 1. The van der Waals surface area contributed by atoms with Crippen molar-refractivity contribution in [3.63, 3.8) is 0 Å². The van der Waals surface area contributed by atoms with E-state index >= 15 is 0 Å². The van der Waals surface area contributed by atoms with E-state index in [0.29, 0.717) is 31.3 Å². The van der Waals surface area contributed by atoms with Crippen molar-refractivity contribution < 1.29 is 14.6 Å². The lowest BCUT2D eigenvalue weighted by atomic mass is 10.1. The Bertz CT molecular complexity index is 1170. The second-order valence-corrected chi connectivity index (χ2v) is 9.92. The molecular formula is C27H36ClN5O3. The summed E-state index contributed by atoms with van der Waals surface area (Å²) in [4.78, 5) is 19.0. The molecule has 1 atom stereocenters. The first kappa shape index (κ1) is 26.4. The standard InChI is InChI=1S/C27H36ClN5O3/c1-30(2)11-10-29-26(34)18-33-17-23(22-9-8-21(28)16-25(22)33)27(35)32-14-12-31(13-15-32)24-7-5-4-6-20(24)19-36-3/h4-9,16-17,27,35H,10-15,18-19H2,1-3H3,(H,29,34). The molecule has 2 N–H and O–H groups in total. The van der Waals surface area contributed by atoms with E-state index < -0.39 is 6.23 Å². The van der Waals surface area contributed by atoms with E-state index in [4.69, 9.17) is 16.3 Å². The molecule has 4 rings (SSSR count). The first-order valence-electron chi connectivity index (χ1n) is 12.3. The quantitative estimate of drug-likeness (QED) is 0.434. The number of fused-ring (bicyclic) bond motifs is 1. The molecule has 36 heavy (non-hydrogen) atoms. The highest BCUT2D eigenvalue weighted by Crippen LogP contribution is 2.32. The zero-order valence-corrected chi connectivity index (χ0v) is 22.0. The van der Waals surface area contributed by atoms with E-state index in [9.17, 15) is 9.90 Å². The number of piperazine rings is 1. The number of rotatable bonds is 10. The Hall–Kier alpha value is -2.62. The molecule has 1 aliphatic heterocycles. The van der Waals surface area contributed by atoms with Gasteiger partial charge in [-0.15, -0.1) is 0 Å². The Morgan fingerprint density at radius 3 is 2.64 bits per heavy atom. The van der Waals surface area contributed by atoms with Gasteiger partial charge in [-0.3, -0.25) is 9.69 Å². The molecule has 0 bridgehead atoms. The lowest BCUT2D eigenvalue weighted by molar-refractivity contribution is -0.121. The van der Waals surface area contributed by atoms with Gasteiger partial charge < -0.3 is 29.5 Å². The average molecular weight is 514 g/mol. The Kier molecular flexibility index (Phi) is 8.87. The van der Waals surface area contributed by atoms with Gasteiger partial charge >= 0.3 is 0 Å². The summed E-state index contributed by atoms with van der Waals surface area (Å²) in [6.07, 6.45) is 1.11. The number of para-hydroxylation sites is 1. The lowest BCUT2D eigenvalue weighted by Crippen LogP contribution is -2.48. The first-order valence-corrected chi connectivity index (χ1v) is 12.7. The number of carbonyl (C=O) groups excluding carboxylic acids is 1. The minimum atomic E-state index is -0.775. The Labute approximate surface area is 218 Å². The van der Waals surface area contributed by atoms with Crippen LogP contribution in [0.5, 0.6) is 0 Å². The molecule has 1 aliphatic rings. The minimum Gasteiger partial charge on any atom is -0.380 e. The fraction of sp³-hybridized carbons (Fsp3) is 0.444. The van der Waals surface area contributed by atoms with E-state index in [-0.39, 0.29) is 12.5 Å². The molecule has 0 spiro atoms. The van der Waals surface area contributed by atoms with Crippen molar-refractivity contribution >= 4 is 34.1 Å². The van der Waals surface area contributed by atoms with Crippen LogP contribution in [0, 0.1) is 0 Å². The van der Waals surface area contributed by atoms with Crippen molar-refractivity contribution in [2.75, 3.05) is 65.4 Å². The predicted molar refractivity (Wildman–Crippen MR) is 144 cm³/mol. The number of nitrogens with zero attached hydrogens (tertiary/aromatic N) is 4. The number of amides is 1. The fourth-order valence-corrected chi connectivity index (χ4v) is 4.93. The van der Waals surface area contributed by atoms with Crippen molar-refractivity contribution in [3.8, 4) is 0 Å². The van der Waals surface area contributed by atoms with E-state index in [1.54, 1.807) is 7.11 Å². The number of anilines is 1. The van der Waals surface area contributed by atoms with Crippen LogP contribution in [0.3, 0.4) is 0 Å². The number of aromatic nitrogens is 1. The molecule has 1 saturated heterocycles. The number of aliphatic hydroxyl groups excluding tert-OH is 1. The van der Waals surface area contributed by atoms with Gasteiger partial charge in [0, 0.05) is 79.8 Å². The van der Waals surface area contributed by atoms with Gasteiger partial charge in [0.2, 0.25) is 5.91 Å². The minimum absolute atomic E-state index is 0.0712. The molecule has 0 radical (unpaired) electrons. The number of nitrogens with one attached hydrogen (secondary N) is 1. The van der Waals surface area contributed by atoms with Crippen LogP contribution in [0.15, 0.2) is 48.7 Å².